The van der Waals surface area contributed by atoms with Crippen LogP contribution in [0.15, 0.2) is 41.0 Å². The van der Waals surface area contributed by atoms with Crippen LogP contribution >= 0.6 is 0 Å². The molecule has 2 heteroatoms. The van der Waals surface area contributed by atoms with Crippen molar-refractivity contribution in [3.63, 3.8) is 0 Å². The molecule has 2 nitrogen and oxygen atoms in total. The molecule has 19 heavy (non-hydrogen) atoms. The summed E-state index contributed by atoms with van der Waals surface area (Å²) in [5, 5.41) is 1.24. The number of para-hydroxylation sites is 1. The topological polar surface area (TPSA) is 16.4 Å². The Balaban J connectivity index is 1.82. The molecule has 0 aliphatic carbocycles. The minimum atomic E-state index is 0.985. The second-order valence-electron chi connectivity index (χ2n) is 5.57. The van der Waals surface area contributed by atoms with Crippen LogP contribution in [0.5, 0.6) is 0 Å². The third-order valence-corrected chi connectivity index (χ3v) is 3.66. The first kappa shape index (κ1) is 12.5. The highest BCUT2D eigenvalue weighted by Gasteiger charge is 2.16. The fourth-order valence-electron chi connectivity index (χ4n) is 2.77. The Morgan fingerprint density at radius 2 is 2.11 bits per heavy atom. The molecule has 0 spiro atoms. The van der Waals surface area contributed by atoms with Crippen molar-refractivity contribution in [3.8, 4) is 0 Å². The van der Waals surface area contributed by atoms with Gasteiger partial charge in [0.25, 0.3) is 0 Å². The van der Waals surface area contributed by atoms with Crippen LogP contribution < -0.4 is 0 Å². The summed E-state index contributed by atoms with van der Waals surface area (Å²) in [6.07, 6.45) is 5.36. The van der Waals surface area contributed by atoms with Crippen molar-refractivity contribution in [2.45, 2.75) is 20.3 Å². The van der Waals surface area contributed by atoms with Gasteiger partial charge in [-0.05, 0) is 24.0 Å². The van der Waals surface area contributed by atoms with Crippen molar-refractivity contribution in [2.75, 3.05) is 19.6 Å². The molecular weight excluding hydrogens is 234 g/mol. The zero-order valence-electron chi connectivity index (χ0n) is 11.6. The zero-order chi connectivity index (χ0) is 13.2. The standard InChI is InChI=1S/C17H20NO/c1-13(2)11-18-9-7-14(8-10-18)16-12-19-17-6-4-3-5-15(16)17/h3-7,12H,8-11H2,1-2H3. The predicted octanol–water partition coefficient (Wildman–Crippen LogP) is 4.14. The summed E-state index contributed by atoms with van der Waals surface area (Å²) in [5.74, 6) is 1.48. The van der Waals surface area contributed by atoms with E-state index in [4.69, 9.17) is 4.42 Å². The number of furan rings is 1. The fourth-order valence-corrected chi connectivity index (χ4v) is 2.77. The molecule has 0 amide bonds. The van der Waals surface area contributed by atoms with E-state index in [1.54, 1.807) is 0 Å². The Labute approximate surface area is 114 Å². The lowest BCUT2D eigenvalue weighted by Crippen LogP contribution is -2.31. The minimum absolute atomic E-state index is 0.985. The van der Waals surface area contributed by atoms with Crippen LogP contribution in [0.3, 0.4) is 0 Å². The van der Waals surface area contributed by atoms with Gasteiger partial charge in [-0.2, -0.15) is 0 Å². The highest BCUT2D eigenvalue weighted by atomic mass is 16.3. The van der Waals surface area contributed by atoms with Crippen LogP contribution in [0.25, 0.3) is 16.5 Å². The molecule has 0 N–H and O–H groups in total. The van der Waals surface area contributed by atoms with Gasteiger partial charge >= 0.3 is 0 Å². The molecular formula is C17H20NO. The maximum Gasteiger partial charge on any atom is 0.134 e. The van der Waals surface area contributed by atoms with Crippen molar-refractivity contribution in [3.05, 3.63) is 48.1 Å². The highest BCUT2D eigenvalue weighted by molar-refractivity contribution is 5.91. The lowest BCUT2D eigenvalue weighted by atomic mass is 9.98. The van der Waals surface area contributed by atoms with E-state index < -0.39 is 0 Å². The molecule has 0 saturated carbocycles. The quantitative estimate of drug-likeness (QED) is 0.818. The number of fused-ring (bicyclic) bond motifs is 1. The Hall–Kier alpha value is -1.54. The van der Waals surface area contributed by atoms with Crippen molar-refractivity contribution in [1.82, 2.24) is 4.90 Å². The average molecular weight is 254 g/mol. The van der Waals surface area contributed by atoms with E-state index in [1.807, 2.05) is 18.4 Å². The number of hydrogen-bond acceptors (Lipinski definition) is 2. The molecule has 1 radical (unpaired) electrons. The van der Waals surface area contributed by atoms with Crippen LogP contribution in [-0.4, -0.2) is 24.5 Å². The van der Waals surface area contributed by atoms with Crippen LogP contribution in [0.1, 0.15) is 25.8 Å². The molecule has 0 atom stereocenters. The van der Waals surface area contributed by atoms with Gasteiger partial charge in [-0.15, -0.1) is 0 Å². The Kier molecular flexibility index (Phi) is 3.43. The SMILES string of the molecule is C[C](C)CN1CC=C(c2coc3ccccc23)CC1. The van der Waals surface area contributed by atoms with Gasteiger partial charge in [-0.25, -0.2) is 0 Å². The van der Waals surface area contributed by atoms with Gasteiger partial charge in [0.1, 0.15) is 5.58 Å². The molecule has 2 aromatic rings. The summed E-state index contributed by atoms with van der Waals surface area (Å²) in [6.45, 7) is 7.68. The predicted molar refractivity (Wildman–Crippen MR) is 79.8 cm³/mol. The van der Waals surface area contributed by atoms with Crippen LogP contribution in [0, 0.1) is 5.92 Å². The molecule has 1 aromatic carbocycles. The lowest BCUT2D eigenvalue weighted by Gasteiger charge is -2.27. The van der Waals surface area contributed by atoms with Gasteiger partial charge in [-0.1, -0.05) is 38.1 Å². The lowest BCUT2D eigenvalue weighted by molar-refractivity contribution is 0.313. The second-order valence-corrected chi connectivity index (χ2v) is 5.57. The third-order valence-electron chi connectivity index (χ3n) is 3.66. The average Bonchev–Trinajstić information content (AvgIpc) is 2.83. The molecule has 2 heterocycles. The van der Waals surface area contributed by atoms with Crippen LogP contribution in [0.2, 0.25) is 0 Å². The molecule has 0 unspecified atom stereocenters. The van der Waals surface area contributed by atoms with Gasteiger partial charge < -0.3 is 4.42 Å². The van der Waals surface area contributed by atoms with E-state index >= 15 is 0 Å². The normalized spacial score (nSPS) is 17.1. The Morgan fingerprint density at radius 1 is 1.26 bits per heavy atom. The van der Waals surface area contributed by atoms with Crippen molar-refractivity contribution in [2.24, 2.45) is 0 Å². The zero-order valence-corrected chi connectivity index (χ0v) is 11.6. The Morgan fingerprint density at radius 3 is 2.84 bits per heavy atom. The first-order valence-corrected chi connectivity index (χ1v) is 6.91. The van der Waals surface area contributed by atoms with Gasteiger partial charge in [-0.3, -0.25) is 4.90 Å². The van der Waals surface area contributed by atoms with Crippen LogP contribution in [-0.2, 0) is 0 Å². The smallest absolute Gasteiger partial charge is 0.134 e. The van der Waals surface area contributed by atoms with E-state index in [9.17, 15) is 0 Å². The largest absolute Gasteiger partial charge is 0.464 e. The molecule has 0 fully saturated rings. The van der Waals surface area contributed by atoms with Crippen LogP contribution in [0.4, 0.5) is 0 Å². The van der Waals surface area contributed by atoms with Crippen molar-refractivity contribution < 1.29 is 4.42 Å². The summed E-state index contributed by atoms with van der Waals surface area (Å²) < 4.78 is 5.64. The summed E-state index contributed by atoms with van der Waals surface area (Å²) in [5.41, 5.74) is 3.68. The maximum atomic E-state index is 5.64. The van der Waals surface area contributed by atoms with E-state index in [0.29, 0.717) is 0 Å². The first-order valence-electron chi connectivity index (χ1n) is 6.91. The third kappa shape index (κ3) is 2.59. The minimum Gasteiger partial charge on any atom is -0.464 e. The number of hydrogen-bond donors (Lipinski definition) is 0. The molecule has 1 aliphatic heterocycles. The van der Waals surface area contributed by atoms with E-state index in [-0.39, 0.29) is 0 Å². The monoisotopic (exact) mass is 254 g/mol. The summed E-state index contributed by atoms with van der Waals surface area (Å²) in [4.78, 5) is 2.49. The summed E-state index contributed by atoms with van der Waals surface area (Å²) in [7, 11) is 0. The first-order chi connectivity index (χ1) is 9.24. The molecule has 0 saturated heterocycles. The van der Waals surface area contributed by atoms with Gasteiger partial charge in [0.05, 0.1) is 6.26 Å². The summed E-state index contributed by atoms with van der Waals surface area (Å²) in [6, 6.07) is 8.27. The number of nitrogens with zero attached hydrogens (tertiary/aromatic N) is 1. The molecule has 3 rings (SSSR count). The summed E-state index contributed by atoms with van der Waals surface area (Å²) >= 11 is 0. The van der Waals surface area contributed by atoms with E-state index in [0.717, 1.165) is 31.6 Å². The second kappa shape index (κ2) is 5.22. The van der Waals surface area contributed by atoms with Gasteiger partial charge in [0, 0.05) is 30.6 Å². The molecule has 0 bridgehead atoms. The Bertz CT molecular complexity index is 594. The van der Waals surface area contributed by atoms with Gasteiger partial charge in [0.15, 0.2) is 0 Å². The van der Waals surface area contributed by atoms with Crippen molar-refractivity contribution in [1.29, 1.82) is 0 Å². The molecule has 99 valence electrons. The molecule has 1 aromatic heterocycles. The van der Waals surface area contributed by atoms with Crippen molar-refractivity contribution >= 4 is 16.5 Å². The van der Waals surface area contributed by atoms with E-state index in [1.165, 1.54) is 22.4 Å². The van der Waals surface area contributed by atoms with E-state index in [2.05, 4.69) is 37.0 Å². The molecule has 1 aliphatic rings. The van der Waals surface area contributed by atoms with Gasteiger partial charge in [0.2, 0.25) is 0 Å². The number of rotatable bonds is 3. The maximum absolute atomic E-state index is 5.64. The number of benzene rings is 1. The fraction of sp³-hybridized carbons (Fsp3) is 0.353. The highest BCUT2D eigenvalue weighted by Crippen LogP contribution is 2.30.